The molecule has 0 aromatic heterocycles. The monoisotopic (exact) mass is 337 g/mol. The Balaban J connectivity index is 2.16. The second-order valence-corrected chi connectivity index (χ2v) is 6.36. The Bertz CT molecular complexity index is 766. The van der Waals surface area contributed by atoms with Crippen molar-refractivity contribution in [2.75, 3.05) is 25.5 Å². The van der Waals surface area contributed by atoms with Crippen LogP contribution < -0.4 is 9.64 Å². The van der Waals surface area contributed by atoms with E-state index >= 15 is 0 Å². The quantitative estimate of drug-likeness (QED) is 0.807. The van der Waals surface area contributed by atoms with Gasteiger partial charge in [-0.1, -0.05) is 30.3 Å². The highest BCUT2D eigenvalue weighted by Crippen LogP contribution is 2.31. The minimum absolute atomic E-state index is 0.136. The van der Waals surface area contributed by atoms with Gasteiger partial charge in [-0.25, -0.2) is 0 Å². The molecule has 0 bridgehead atoms. The third-order valence-electron chi connectivity index (χ3n) is 4.11. The highest BCUT2D eigenvalue weighted by Gasteiger charge is 2.28. The van der Waals surface area contributed by atoms with Gasteiger partial charge in [0.05, 0.1) is 18.3 Å². The van der Waals surface area contributed by atoms with Gasteiger partial charge in [-0.15, -0.1) is 0 Å². The number of rotatable bonds is 6. The molecule has 2 aromatic carbocycles. The molecular weight excluding hydrogens is 314 g/mol. The first-order valence-electron chi connectivity index (χ1n) is 8.06. The molecule has 25 heavy (non-hydrogen) atoms. The summed E-state index contributed by atoms with van der Waals surface area (Å²) in [4.78, 5) is 15.8. The van der Waals surface area contributed by atoms with Crippen molar-refractivity contribution >= 4 is 11.6 Å². The Morgan fingerprint density at radius 3 is 2.32 bits per heavy atom. The van der Waals surface area contributed by atoms with Crippen LogP contribution in [-0.2, 0) is 4.79 Å². The number of hydrogen-bond donors (Lipinski definition) is 0. The number of hydrogen-bond acceptors (Lipinski definition) is 4. The van der Waals surface area contributed by atoms with Crippen LogP contribution in [0.25, 0.3) is 0 Å². The van der Waals surface area contributed by atoms with E-state index in [2.05, 4.69) is 6.07 Å². The van der Waals surface area contributed by atoms with E-state index in [4.69, 9.17) is 4.74 Å². The van der Waals surface area contributed by atoms with Crippen LogP contribution in [0.5, 0.6) is 11.5 Å². The zero-order valence-corrected chi connectivity index (χ0v) is 15.1. The SMILES string of the molecule is CN(CC(=O)N(C)C(C)(C)C#N)c1ccccc1Oc1ccccc1. The summed E-state index contributed by atoms with van der Waals surface area (Å²) in [6.07, 6.45) is 0. The molecule has 2 rings (SSSR count). The Kier molecular flexibility index (Phi) is 5.66. The number of carbonyl (C=O) groups is 1. The number of carbonyl (C=O) groups excluding carboxylic acids is 1. The number of ether oxygens (including phenoxy) is 1. The van der Waals surface area contributed by atoms with E-state index in [-0.39, 0.29) is 12.5 Å². The van der Waals surface area contributed by atoms with Crippen LogP contribution in [0.4, 0.5) is 5.69 Å². The lowest BCUT2D eigenvalue weighted by Gasteiger charge is -2.31. The van der Waals surface area contributed by atoms with Gasteiger partial charge in [-0.05, 0) is 38.1 Å². The molecule has 0 aliphatic rings. The van der Waals surface area contributed by atoms with Gasteiger partial charge >= 0.3 is 0 Å². The van der Waals surface area contributed by atoms with Gasteiger partial charge in [0, 0.05) is 14.1 Å². The molecule has 0 spiro atoms. The molecule has 130 valence electrons. The van der Waals surface area contributed by atoms with E-state index in [1.807, 2.05) is 66.5 Å². The smallest absolute Gasteiger partial charge is 0.243 e. The average Bonchev–Trinajstić information content (AvgIpc) is 2.62. The maximum atomic E-state index is 12.5. The zero-order chi connectivity index (χ0) is 18.4. The first kappa shape index (κ1) is 18.3. The number of likely N-dealkylation sites (N-methyl/N-ethyl adjacent to an activating group) is 2. The lowest BCUT2D eigenvalue weighted by Crippen LogP contribution is -2.47. The number of amides is 1. The number of nitrogens with zero attached hydrogens (tertiary/aromatic N) is 3. The average molecular weight is 337 g/mol. The first-order valence-corrected chi connectivity index (χ1v) is 8.06. The predicted molar refractivity (Wildman–Crippen MR) is 98.7 cm³/mol. The number of benzene rings is 2. The summed E-state index contributed by atoms with van der Waals surface area (Å²) in [5.74, 6) is 1.27. The summed E-state index contributed by atoms with van der Waals surface area (Å²) in [5.41, 5.74) is -0.0410. The normalized spacial score (nSPS) is 10.7. The fourth-order valence-corrected chi connectivity index (χ4v) is 2.26. The molecule has 0 aliphatic carbocycles. The van der Waals surface area contributed by atoms with Gasteiger partial charge in [0.1, 0.15) is 11.3 Å². The van der Waals surface area contributed by atoms with Gasteiger partial charge in [0.25, 0.3) is 0 Å². The Morgan fingerprint density at radius 1 is 1.08 bits per heavy atom. The lowest BCUT2D eigenvalue weighted by molar-refractivity contribution is -0.131. The summed E-state index contributed by atoms with van der Waals surface area (Å²) in [7, 11) is 3.48. The number of nitriles is 1. The predicted octanol–water partition coefficient (Wildman–Crippen LogP) is 3.68. The number of anilines is 1. The van der Waals surface area contributed by atoms with E-state index in [1.165, 1.54) is 4.90 Å². The summed E-state index contributed by atoms with van der Waals surface area (Å²) < 4.78 is 5.94. The van der Waals surface area contributed by atoms with Crippen LogP contribution in [-0.4, -0.2) is 37.0 Å². The second kappa shape index (κ2) is 7.71. The molecule has 0 N–H and O–H groups in total. The standard InChI is InChI=1S/C20H23N3O2/c1-20(2,15-21)23(4)19(24)14-22(3)17-12-8-9-13-18(17)25-16-10-6-5-7-11-16/h5-13H,14H2,1-4H3. The van der Waals surface area contributed by atoms with Crippen molar-refractivity contribution in [2.45, 2.75) is 19.4 Å². The van der Waals surface area contributed by atoms with Gasteiger partial charge in [0.15, 0.2) is 5.75 Å². The van der Waals surface area contributed by atoms with Crippen LogP contribution in [0.1, 0.15) is 13.8 Å². The third kappa shape index (κ3) is 4.51. The Morgan fingerprint density at radius 2 is 1.68 bits per heavy atom. The van der Waals surface area contributed by atoms with Crippen molar-refractivity contribution in [3.63, 3.8) is 0 Å². The van der Waals surface area contributed by atoms with Gasteiger partial charge in [-0.3, -0.25) is 4.79 Å². The zero-order valence-electron chi connectivity index (χ0n) is 15.1. The van der Waals surface area contributed by atoms with E-state index in [1.54, 1.807) is 20.9 Å². The topological polar surface area (TPSA) is 56.6 Å². The summed E-state index contributed by atoms with van der Waals surface area (Å²) in [6.45, 7) is 3.59. The fraction of sp³-hybridized carbons (Fsp3) is 0.300. The van der Waals surface area contributed by atoms with Crippen LogP contribution in [0.2, 0.25) is 0 Å². The molecule has 0 atom stereocenters. The van der Waals surface area contributed by atoms with Crippen molar-refractivity contribution in [3.05, 3.63) is 54.6 Å². The maximum Gasteiger partial charge on any atom is 0.243 e. The van der Waals surface area contributed by atoms with E-state index in [9.17, 15) is 10.1 Å². The molecule has 5 nitrogen and oxygen atoms in total. The summed E-state index contributed by atoms with van der Waals surface area (Å²) in [6, 6.07) is 19.2. The molecule has 5 heteroatoms. The maximum absolute atomic E-state index is 12.5. The fourth-order valence-electron chi connectivity index (χ4n) is 2.26. The lowest BCUT2D eigenvalue weighted by atomic mass is 10.1. The van der Waals surface area contributed by atoms with E-state index in [0.717, 1.165) is 11.4 Å². The largest absolute Gasteiger partial charge is 0.455 e. The molecule has 2 aromatic rings. The van der Waals surface area contributed by atoms with Gasteiger partial charge in [0.2, 0.25) is 5.91 Å². The summed E-state index contributed by atoms with van der Waals surface area (Å²) in [5, 5.41) is 9.20. The van der Waals surface area contributed by atoms with Gasteiger partial charge in [-0.2, -0.15) is 5.26 Å². The van der Waals surface area contributed by atoms with Crippen LogP contribution in [0.15, 0.2) is 54.6 Å². The molecule has 0 unspecified atom stereocenters. The molecular formula is C20H23N3O2. The second-order valence-electron chi connectivity index (χ2n) is 6.36. The Labute approximate surface area is 149 Å². The first-order chi connectivity index (χ1) is 11.8. The minimum Gasteiger partial charge on any atom is -0.455 e. The Hall–Kier alpha value is -3.00. The third-order valence-corrected chi connectivity index (χ3v) is 4.11. The van der Waals surface area contributed by atoms with Crippen LogP contribution in [0, 0.1) is 11.3 Å². The molecule has 0 heterocycles. The summed E-state index contributed by atoms with van der Waals surface area (Å²) >= 11 is 0. The van der Waals surface area contributed by atoms with E-state index < -0.39 is 5.54 Å². The van der Waals surface area contributed by atoms with Crippen LogP contribution in [0.3, 0.4) is 0 Å². The highest BCUT2D eigenvalue weighted by atomic mass is 16.5. The van der Waals surface area contributed by atoms with Crippen molar-refractivity contribution < 1.29 is 9.53 Å². The van der Waals surface area contributed by atoms with Crippen LogP contribution >= 0.6 is 0 Å². The molecule has 0 saturated carbocycles. The number of para-hydroxylation sites is 3. The molecule has 0 aliphatic heterocycles. The van der Waals surface area contributed by atoms with Crippen molar-refractivity contribution in [3.8, 4) is 17.6 Å². The van der Waals surface area contributed by atoms with Crippen molar-refractivity contribution in [2.24, 2.45) is 0 Å². The highest BCUT2D eigenvalue weighted by molar-refractivity contribution is 5.82. The van der Waals surface area contributed by atoms with Crippen molar-refractivity contribution in [1.29, 1.82) is 5.26 Å². The molecule has 0 fully saturated rings. The minimum atomic E-state index is -0.849. The molecule has 0 saturated heterocycles. The molecule has 0 radical (unpaired) electrons. The van der Waals surface area contributed by atoms with Crippen molar-refractivity contribution in [1.82, 2.24) is 4.90 Å². The molecule has 1 amide bonds. The van der Waals surface area contributed by atoms with Gasteiger partial charge < -0.3 is 14.5 Å². The van der Waals surface area contributed by atoms with E-state index in [0.29, 0.717) is 5.75 Å².